The molecule has 1 N–H and O–H groups in total. The van der Waals surface area contributed by atoms with Gasteiger partial charge in [-0.1, -0.05) is 13.8 Å². The molecule has 1 rings (SSSR count). The van der Waals surface area contributed by atoms with Crippen LogP contribution in [0.3, 0.4) is 0 Å². The van der Waals surface area contributed by atoms with Crippen LogP contribution < -0.4 is 5.32 Å². The second-order valence-electron chi connectivity index (χ2n) is 5.11. The number of amides is 3. The van der Waals surface area contributed by atoms with Gasteiger partial charge in [0.25, 0.3) is 0 Å². The van der Waals surface area contributed by atoms with Gasteiger partial charge in [-0.15, -0.1) is 11.8 Å². The molecule has 0 aromatic heterocycles. The maximum Gasteiger partial charge on any atom is 0.242 e. The summed E-state index contributed by atoms with van der Waals surface area (Å²) in [6.45, 7) is 6.30. The number of thioether (sulfide) groups is 1. The molecule has 1 aliphatic heterocycles. The predicted molar refractivity (Wildman–Crippen MR) is 75.7 cm³/mol. The van der Waals surface area contributed by atoms with E-state index >= 15 is 0 Å². The first kappa shape index (κ1) is 16.0. The highest BCUT2D eigenvalue weighted by atomic mass is 32.2. The van der Waals surface area contributed by atoms with Crippen molar-refractivity contribution in [2.45, 2.75) is 38.9 Å². The van der Waals surface area contributed by atoms with E-state index < -0.39 is 0 Å². The van der Waals surface area contributed by atoms with Crippen molar-refractivity contribution >= 4 is 29.5 Å². The molecule has 0 aromatic carbocycles. The molecule has 1 fully saturated rings. The summed E-state index contributed by atoms with van der Waals surface area (Å²) in [5.41, 5.74) is 0. The summed E-state index contributed by atoms with van der Waals surface area (Å²) in [5, 5.41) is 2.36. The second-order valence-corrected chi connectivity index (χ2v) is 6.42. The van der Waals surface area contributed by atoms with Gasteiger partial charge in [0, 0.05) is 26.4 Å². The first-order valence-corrected chi connectivity index (χ1v) is 7.67. The van der Waals surface area contributed by atoms with E-state index in [0.717, 1.165) is 12.2 Å². The molecule has 0 radical (unpaired) electrons. The Morgan fingerprint density at radius 1 is 1.47 bits per heavy atom. The second kappa shape index (κ2) is 7.53. The first-order chi connectivity index (χ1) is 8.91. The number of nitrogens with one attached hydrogen (secondary N) is 1. The van der Waals surface area contributed by atoms with Crippen molar-refractivity contribution in [2.75, 3.05) is 18.8 Å². The Kier molecular flexibility index (Phi) is 6.34. The first-order valence-electron chi connectivity index (χ1n) is 6.62. The molecule has 0 saturated carbocycles. The number of imide groups is 1. The highest BCUT2D eigenvalue weighted by Crippen LogP contribution is 2.26. The number of carbonyl (C=O) groups excluding carboxylic acids is 3. The largest absolute Gasteiger partial charge is 0.355 e. The van der Waals surface area contributed by atoms with Gasteiger partial charge >= 0.3 is 0 Å². The number of likely N-dealkylation sites (tertiary alicyclic amines) is 1. The van der Waals surface area contributed by atoms with Crippen LogP contribution in [0.5, 0.6) is 0 Å². The molecule has 6 heteroatoms. The lowest BCUT2D eigenvalue weighted by Gasteiger charge is -2.15. The summed E-state index contributed by atoms with van der Waals surface area (Å²) in [7, 11) is 0. The van der Waals surface area contributed by atoms with Gasteiger partial charge in [-0.05, 0) is 18.1 Å². The summed E-state index contributed by atoms with van der Waals surface area (Å²) < 4.78 is 0. The maximum atomic E-state index is 12.0. The van der Waals surface area contributed by atoms with Crippen LogP contribution in [-0.4, -0.2) is 46.7 Å². The van der Waals surface area contributed by atoms with Gasteiger partial charge in [-0.3, -0.25) is 19.3 Å². The molecule has 0 bridgehead atoms. The van der Waals surface area contributed by atoms with E-state index in [-0.39, 0.29) is 29.5 Å². The summed E-state index contributed by atoms with van der Waals surface area (Å²) in [6, 6.07) is 0. The summed E-state index contributed by atoms with van der Waals surface area (Å²) in [5.74, 6) is 1.12. The van der Waals surface area contributed by atoms with Gasteiger partial charge in [0.15, 0.2) is 0 Å². The van der Waals surface area contributed by atoms with E-state index in [0.29, 0.717) is 18.9 Å². The number of carbonyl (C=O) groups is 3. The molecule has 1 aliphatic rings. The maximum absolute atomic E-state index is 12.0. The van der Waals surface area contributed by atoms with Crippen molar-refractivity contribution in [3.8, 4) is 0 Å². The molecule has 0 aliphatic carbocycles. The molecule has 1 atom stereocenters. The Morgan fingerprint density at radius 2 is 2.16 bits per heavy atom. The minimum Gasteiger partial charge on any atom is -0.355 e. The molecule has 1 heterocycles. The smallest absolute Gasteiger partial charge is 0.242 e. The van der Waals surface area contributed by atoms with Gasteiger partial charge < -0.3 is 5.32 Å². The van der Waals surface area contributed by atoms with E-state index in [2.05, 4.69) is 19.2 Å². The van der Waals surface area contributed by atoms with Crippen molar-refractivity contribution in [3.05, 3.63) is 0 Å². The molecular weight excluding hydrogens is 264 g/mol. The minimum absolute atomic E-state index is 0.107. The average molecular weight is 286 g/mol. The van der Waals surface area contributed by atoms with E-state index in [9.17, 15) is 14.4 Å². The van der Waals surface area contributed by atoms with Crippen molar-refractivity contribution in [3.63, 3.8) is 0 Å². The molecule has 3 amide bonds. The van der Waals surface area contributed by atoms with Crippen LogP contribution in [0.4, 0.5) is 0 Å². The third kappa shape index (κ3) is 5.22. The summed E-state index contributed by atoms with van der Waals surface area (Å²) in [4.78, 5) is 35.8. The van der Waals surface area contributed by atoms with Crippen LogP contribution in [-0.2, 0) is 14.4 Å². The average Bonchev–Trinajstić information content (AvgIpc) is 2.56. The lowest BCUT2D eigenvalue weighted by molar-refractivity contribution is -0.138. The van der Waals surface area contributed by atoms with Gasteiger partial charge in [0.2, 0.25) is 17.7 Å². The van der Waals surface area contributed by atoms with Gasteiger partial charge in [0.05, 0.1) is 5.25 Å². The quantitative estimate of drug-likeness (QED) is 0.710. The van der Waals surface area contributed by atoms with Crippen LogP contribution >= 0.6 is 11.8 Å². The molecule has 5 nitrogen and oxygen atoms in total. The fraction of sp³-hybridized carbons (Fsp3) is 0.769. The van der Waals surface area contributed by atoms with Gasteiger partial charge in [-0.2, -0.15) is 0 Å². The van der Waals surface area contributed by atoms with Crippen molar-refractivity contribution < 1.29 is 14.4 Å². The van der Waals surface area contributed by atoms with E-state index in [4.69, 9.17) is 0 Å². The standard InChI is InChI=1S/C13H22N2O3S/c1-9(2)4-7-19-11-8-12(17)15(13(11)18)6-5-14-10(3)16/h9,11H,4-8H2,1-3H3,(H,14,16). The van der Waals surface area contributed by atoms with Crippen LogP contribution in [0.2, 0.25) is 0 Å². The highest BCUT2D eigenvalue weighted by Gasteiger charge is 2.38. The summed E-state index contributed by atoms with van der Waals surface area (Å²) in [6.07, 6.45) is 1.34. The molecule has 108 valence electrons. The van der Waals surface area contributed by atoms with Crippen LogP contribution in [0, 0.1) is 5.92 Å². The zero-order valence-electron chi connectivity index (χ0n) is 11.8. The molecule has 0 aromatic rings. The Bertz CT molecular complexity index is 358. The lowest BCUT2D eigenvalue weighted by Crippen LogP contribution is -2.38. The third-order valence-electron chi connectivity index (χ3n) is 2.93. The molecular formula is C13H22N2O3S. The fourth-order valence-corrected chi connectivity index (χ4v) is 3.23. The SMILES string of the molecule is CC(=O)NCCN1C(=O)CC(SCCC(C)C)C1=O. The molecule has 19 heavy (non-hydrogen) atoms. The number of hydrogen-bond donors (Lipinski definition) is 1. The number of rotatable bonds is 7. The van der Waals surface area contributed by atoms with Gasteiger partial charge in [0.1, 0.15) is 0 Å². The normalized spacial score (nSPS) is 19.4. The number of nitrogens with zero attached hydrogens (tertiary/aromatic N) is 1. The van der Waals surface area contributed by atoms with Crippen molar-refractivity contribution in [1.29, 1.82) is 0 Å². The monoisotopic (exact) mass is 286 g/mol. The summed E-state index contributed by atoms with van der Waals surface area (Å²) >= 11 is 1.57. The lowest BCUT2D eigenvalue weighted by atomic mass is 10.2. The van der Waals surface area contributed by atoms with E-state index in [1.165, 1.54) is 11.8 Å². The van der Waals surface area contributed by atoms with Crippen molar-refractivity contribution in [1.82, 2.24) is 10.2 Å². The molecule has 1 unspecified atom stereocenters. The topological polar surface area (TPSA) is 66.5 Å². The minimum atomic E-state index is -0.233. The Labute approximate surface area is 118 Å². The van der Waals surface area contributed by atoms with Crippen LogP contribution in [0.25, 0.3) is 0 Å². The van der Waals surface area contributed by atoms with Crippen LogP contribution in [0.15, 0.2) is 0 Å². The zero-order valence-corrected chi connectivity index (χ0v) is 12.6. The fourth-order valence-electron chi connectivity index (χ4n) is 1.81. The Balaban J connectivity index is 2.37. The Morgan fingerprint density at radius 3 is 2.74 bits per heavy atom. The van der Waals surface area contributed by atoms with Crippen LogP contribution in [0.1, 0.15) is 33.6 Å². The third-order valence-corrected chi connectivity index (χ3v) is 4.17. The van der Waals surface area contributed by atoms with Crippen molar-refractivity contribution in [2.24, 2.45) is 5.92 Å². The number of hydrogen-bond acceptors (Lipinski definition) is 4. The molecule has 0 spiro atoms. The Hall–Kier alpha value is -1.04. The van der Waals surface area contributed by atoms with E-state index in [1.54, 1.807) is 11.8 Å². The highest BCUT2D eigenvalue weighted by molar-refractivity contribution is 8.00. The molecule has 1 saturated heterocycles. The zero-order chi connectivity index (χ0) is 14.4. The van der Waals surface area contributed by atoms with E-state index in [1.807, 2.05) is 0 Å². The predicted octanol–water partition coefficient (Wildman–Crippen LogP) is 1.03. The van der Waals surface area contributed by atoms with Gasteiger partial charge in [-0.25, -0.2) is 0 Å².